The molecule has 1 aliphatic heterocycles. The Kier molecular flexibility index (Phi) is 7.41. The molecule has 1 aliphatic rings. The fourth-order valence-corrected chi connectivity index (χ4v) is 4.94. The van der Waals surface area contributed by atoms with Gasteiger partial charge in [-0.05, 0) is 43.4 Å². The summed E-state index contributed by atoms with van der Waals surface area (Å²) in [5, 5.41) is 11.7. The number of fused-ring (bicyclic) bond motifs is 1. The van der Waals surface area contributed by atoms with Crippen LogP contribution in [0.3, 0.4) is 0 Å². The summed E-state index contributed by atoms with van der Waals surface area (Å²) < 4.78 is 0.924. The van der Waals surface area contributed by atoms with Crippen LogP contribution in [0.4, 0.5) is 11.4 Å². The van der Waals surface area contributed by atoms with Crippen LogP contribution < -0.4 is 4.90 Å². The highest BCUT2D eigenvalue weighted by Crippen LogP contribution is 2.33. The lowest BCUT2D eigenvalue weighted by Crippen LogP contribution is -2.48. The smallest absolute Gasteiger partial charge is 0.240 e. The Balaban J connectivity index is 1.43. The number of hydrogen-bond acceptors (Lipinski definition) is 5. The number of hydrogen-bond donors (Lipinski definition) is 2. The van der Waals surface area contributed by atoms with Crippen LogP contribution in [0.25, 0.3) is 10.9 Å². The normalized spacial score (nSPS) is 15.3. The lowest BCUT2D eigenvalue weighted by atomic mass is 10.0. The number of aliphatic imine (C=N–C) groups is 1. The number of carbonyl (C=O) groups is 1. The van der Waals surface area contributed by atoms with E-state index in [-0.39, 0.29) is 11.8 Å². The van der Waals surface area contributed by atoms with Crippen molar-refractivity contribution < 1.29 is 9.90 Å². The molecule has 4 aromatic rings. The van der Waals surface area contributed by atoms with Crippen molar-refractivity contribution in [3.8, 4) is 5.88 Å². The molecule has 2 heterocycles. The first-order valence-corrected chi connectivity index (χ1v) is 13.1. The maximum Gasteiger partial charge on any atom is 0.240 e. The Morgan fingerprint density at radius 2 is 1.73 bits per heavy atom. The summed E-state index contributed by atoms with van der Waals surface area (Å²) >= 11 is 3.50. The van der Waals surface area contributed by atoms with E-state index in [9.17, 15) is 9.90 Å². The highest BCUT2D eigenvalue weighted by Gasteiger charge is 2.21. The lowest BCUT2D eigenvalue weighted by molar-refractivity contribution is -0.119. The van der Waals surface area contributed by atoms with E-state index in [0.717, 1.165) is 58.5 Å². The molecule has 1 aromatic heterocycles. The fourth-order valence-electron chi connectivity index (χ4n) is 4.58. The van der Waals surface area contributed by atoms with Gasteiger partial charge in [0.25, 0.3) is 0 Å². The zero-order valence-corrected chi connectivity index (χ0v) is 22.6. The third-order valence-corrected chi connectivity index (χ3v) is 7.32. The van der Waals surface area contributed by atoms with Crippen molar-refractivity contribution in [3.63, 3.8) is 0 Å². The van der Waals surface area contributed by atoms with Crippen LogP contribution in [0, 0.1) is 0 Å². The van der Waals surface area contributed by atoms with Gasteiger partial charge in [-0.1, -0.05) is 52.3 Å². The molecule has 1 saturated heterocycles. The maximum atomic E-state index is 12.9. The minimum absolute atomic E-state index is 0.0701. The SMILES string of the molecule is CN1CCN(CC(=O)N(C)c2ccc(N=C(c3ccccc3)c3c(O)[nH]c4cc(Br)ccc34)cc2)CC1. The van der Waals surface area contributed by atoms with Gasteiger partial charge in [-0.15, -0.1) is 0 Å². The second kappa shape index (κ2) is 10.9. The van der Waals surface area contributed by atoms with Crippen molar-refractivity contribution in [2.75, 3.05) is 51.7 Å². The number of halogens is 1. The second-order valence-electron chi connectivity index (χ2n) is 9.41. The monoisotopic (exact) mass is 559 g/mol. The van der Waals surface area contributed by atoms with Gasteiger partial charge in [-0.25, -0.2) is 4.99 Å². The van der Waals surface area contributed by atoms with Crippen LogP contribution in [0.5, 0.6) is 5.88 Å². The molecule has 1 fully saturated rings. The van der Waals surface area contributed by atoms with Crippen LogP contribution in [-0.2, 0) is 4.79 Å². The molecule has 0 aliphatic carbocycles. The van der Waals surface area contributed by atoms with Crippen LogP contribution in [-0.4, -0.2) is 78.3 Å². The molecule has 0 radical (unpaired) electrons. The van der Waals surface area contributed by atoms with Gasteiger partial charge in [0.1, 0.15) is 0 Å². The number of nitrogens with one attached hydrogen (secondary N) is 1. The molecule has 0 bridgehead atoms. The quantitative estimate of drug-likeness (QED) is 0.325. The molecule has 37 heavy (non-hydrogen) atoms. The fraction of sp³-hybridized carbons (Fsp3) is 0.241. The minimum Gasteiger partial charge on any atom is -0.494 e. The molecule has 190 valence electrons. The Morgan fingerprint density at radius 1 is 1.03 bits per heavy atom. The molecule has 0 spiro atoms. The summed E-state index contributed by atoms with van der Waals surface area (Å²) in [5.74, 6) is 0.141. The van der Waals surface area contributed by atoms with E-state index < -0.39 is 0 Å². The molecule has 8 heteroatoms. The number of anilines is 1. The third-order valence-electron chi connectivity index (χ3n) is 6.83. The predicted molar refractivity (Wildman–Crippen MR) is 153 cm³/mol. The standard InChI is InChI=1S/C29H30BrN5O2/c1-33-14-16-35(17-15-33)19-26(36)34(2)23-11-9-22(10-12-23)31-28(20-6-4-3-5-7-20)27-24-13-8-21(30)18-25(24)32-29(27)37/h3-13,18,32,37H,14-17,19H2,1-2H3. The van der Waals surface area contributed by atoms with Crippen LogP contribution in [0.15, 0.2) is 82.3 Å². The number of aromatic hydroxyl groups is 1. The number of H-pyrrole nitrogens is 1. The number of nitrogens with zero attached hydrogens (tertiary/aromatic N) is 4. The number of carbonyl (C=O) groups excluding carboxylic acids is 1. The third kappa shape index (κ3) is 5.61. The summed E-state index contributed by atoms with van der Waals surface area (Å²) in [6, 6.07) is 23.3. The number of rotatable bonds is 6. The van der Waals surface area contributed by atoms with Crippen molar-refractivity contribution in [1.29, 1.82) is 0 Å². The second-order valence-corrected chi connectivity index (χ2v) is 10.3. The Bertz CT molecular complexity index is 1420. The Labute approximate surface area is 225 Å². The van der Waals surface area contributed by atoms with Crippen molar-refractivity contribution in [2.45, 2.75) is 0 Å². The van der Waals surface area contributed by atoms with Gasteiger partial charge in [0, 0.05) is 54.3 Å². The molecule has 0 atom stereocenters. The van der Waals surface area contributed by atoms with E-state index >= 15 is 0 Å². The summed E-state index contributed by atoms with van der Waals surface area (Å²) in [5.41, 5.74) is 4.58. The van der Waals surface area contributed by atoms with E-state index in [0.29, 0.717) is 17.8 Å². The van der Waals surface area contributed by atoms with E-state index in [4.69, 9.17) is 4.99 Å². The number of benzene rings is 3. The van der Waals surface area contributed by atoms with Gasteiger partial charge >= 0.3 is 0 Å². The Morgan fingerprint density at radius 3 is 2.43 bits per heavy atom. The van der Waals surface area contributed by atoms with E-state index in [1.165, 1.54) is 0 Å². The molecule has 0 unspecified atom stereocenters. The van der Waals surface area contributed by atoms with Crippen LogP contribution in [0.2, 0.25) is 0 Å². The maximum absolute atomic E-state index is 12.9. The molecular weight excluding hydrogens is 530 g/mol. The first-order chi connectivity index (χ1) is 17.9. The first kappa shape index (κ1) is 25.2. The zero-order valence-electron chi connectivity index (χ0n) is 21.0. The predicted octanol–water partition coefficient (Wildman–Crippen LogP) is 5.02. The van der Waals surface area contributed by atoms with Crippen molar-refractivity contribution in [2.24, 2.45) is 4.99 Å². The van der Waals surface area contributed by atoms with Gasteiger partial charge < -0.3 is 19.9 Å². The van der Waals surface area contributed by atoms with E-state index in [1.807, 2.05) is 79.8 Å². The van der Waals surface area contributed by atoms with Gasteiger partial charge in [-0.2, -0.15) is 0 Å². The van der Waals surface area contributed by atoms with Gasteiger partial charge in [0.15, 0.2) is 5.88 Å². The molecule has 0 saturated carbocycles. The summed E-state index contributed by atoms with van der Waals surface area (Å²) in [4.78, 5) is 27.1. The highest BCUT2D eigenvalue weighted by molar-refractivity contribution is 9.10. The zero-order chi connectivity index (χ0) is 25.9. The number of amides is 1. The number of likely N-dealkylation sites (N-methyl/N-ethyl adjacent to an activating group) is 2. The average molecular weight is 560 g/mol. The summed E-state index contributed by atoms with van der Waals surface area (Å²) in [6.45, 7) is 4.19. The first-order valence-electron chi connectivity index (χ1n) is 12.3. The molecule has 2 N–H and O–H groups in total. The largest absolute Gasteiger partial charge is 0.494 e. The van der Waals surface area contributed by atoms with E-state index in [1.54, 1.807) is 4.90 Å². The van der Waals surface area contributed by atoms with Gasteiger partial charge in [0.05, 0.1) is 29.0 Å². The summed E-state index contributed by atoms with van der Waals surface area (Å²) in [6.07, 6.45) is 0. The molecule has 1 amide bonds. The molecular formula is C29H30BrN5O2. The lowest BCUT2D eigenvalue weighted by Gasteiger charge is -2.32. The highest BCUT2D eigenvalue weighted by atomic mass is 79.9. The summed E-state index contributed by atoms with van der Waals surface area (Å²) in [7, 11) is 3.92. The number of piperazine rings is 1. The van der Waals surface area contributed by atoms with Crippen LogP contribution >= 0.6 is 15.9 Å². The minimum atomic E-state index is 0.0701. The molecule has 3 aromatic carbocycles. The Hall–Kier alpha value is -3.46. The van der Waals surface area contributed by atoms with Crippen molar-refractivity contribution in [3.05, 3.63) is 88.4 Å². The molecule has 7 nitrogen and oxygen atoms in total. The number of aromatic amines is 1. The van der Waals surface area contributed by atoms with Gasteiger partial charge in [0.2, 0.25) is 5.91 Å². The van der Waals surface area contributed by atoms with Gasteiger partial charge in [-0.3, -0.25) is 9.69 Å². The molecule has 5 rings (SSSR count). The average Bonchev–Trinajstić information content (AvgIpc) is 3.23. The van der Waals surface area contributed by atoms with Crippen molar-refractivity contribution >= 4 is 49.8 Å². The topological polar surface area (TPSA) is 75.2 Å². The van der Waals surface area contributed by atoms with E-state index in [2.05, 4.69) is 37.8 Å². The van der Waals surface area contributed by atoms with Crippen molar-refractivity contribution in [1.82, 2.24) is 14.8 Å². The van der Waals surface area contributed by atoms with Crippen LogP contribution in [0.1, 0.15) is 11.1 Å². The number of aromatic nitrogens is 1.